The summed E-state index contributed by atoms with van der Waals surface area (Å²) < 4.78 is 6.51. The van der Waals surface area contributed by atoms with Crippen molar-refractivity contribution in [2.24, 2.45) is 11.8 Å². The first-order chi connectivity index (χ1) is 21.3. The fourth-order valence-electron chi connectivity index (χ4n) is 7.12. The Morgan fingerprint density at radius 1 is 0.818 bits per heavy atom. The maximum absolute atomic E-state index is 14.5. The molecule has 0 spiro atoms. The van der Waals surface area contributed by atoms with Gasteiger partial charge in [0.15, 0.2) is 11.4 Å². The van der Waals surface area contributed by atoms with Gasteiger partial charge in [0.1, 0.15) is 11.8 Å². The topological polar surface area (TPSA) is 70.8 Å². The molecular weight excluding hydrogens is 572 g/mol. The molecule has 0 bridgehead atoms. The van der Waals surface area contributed by atoms with Crippen LogP contribution < -0.4 is 9.80 Å². The van der Waals surface area contributed by atoms with Gasteiger partial charge in [0, 0.05) is 22.1 Å². The molecule has 4 atom stereocenters. The van der Waals surface area contributed by atoms with Gasteiger partial charge in [-0.2, -0.15) is 0 Å². The quantitative estimate of drug-likeness (QED) is 0.157. The number of amides is 2. The fraction of sp³-hybridized carbons (Fsp3) is 0.162. The second-order valence-corrected chi connectivity index (χ2v) is 12.2. The van der Waals surface area contributed by atoms with E-state index in [1.807, 2.05) is 91.6 Å². The normalized spacial score (nSPS) is 22.0. The van der Waals surface area contributed by atoms with Gasteiger partial charge in [0.25, 0.3) is 0 Å². The SMILES string of the molecule is Cc1ccc(N2C(=O)C3C(C2=O)C(C(=O)c2ccccc2)N2c4c(c(Cl)cc5cc(-c6ccccc6)oc45)C=CC32)cc1C. The van der Waals surface area contributed by atoms with Gasteiger partial charge < -0.3 is 9.32 Å². The molecule has 44 heavy (non-hydrogen) atoms. The van der Waals surface area contributed by atoms with E-state index in [-0.39, 0.29) is 17.6 Å². The standard InChI is InChI=1S/C37H27ClN2O4/c1-20-13-14-25(17-21(20)2)39-36(42)30-28-16-15-26-27(38)18-24-19-29(22-9-5-3-6-10-22)44-35(24)32(26)40(28)33(31(30)37(39)43)34(41)23-11-7-4-8-12-23/h3-19,28,30-31,33H,1-2H3. The third-order valence-corrected chi connectivity index (χ3v) is 9.66. The second kappa shape index (κ2) is 9.79. The van der Waals surface area contributed by atoms with Crippen LogP contribution in [0.1, 0.15) is 27.0 Å². The smallest absolute Gasteiger partial charge is 0.240 e. The van der Waals surface area contributed by atoms with E-state index in [9.17, 15) is 14.4 Å². The lowest BCUT2D eigenvalue weighted by Gasteiger charge is -2.36. The molecule has 4 heterocycles. The summed E-state index contributed by atoms with van der Waals surface area (Å²) in [5.74, 6) is -1.90. The van der Waals surface area contributed by atoms with Gasteiger partial charge in [-0.25, -0.2) is 4.90 Å². The predicted octanol–water partition coefficient (Wildman–Crippen LogP) is 7.64. The zero-order valence-electron chi connectivity index (χ0n) is 24.0. The van der Waals surface area contributed by atoms with Gasteiger partial charge in [0.2, 0.25) is 11.8 Å². The molecule has 2 amide bonds. The molecule has 0 aliphatic carbocycles. The lowest BCUT2D eigenvalue weighted by atomic mass is 9.86. The number of imide groups is 1. The molecule has 3 aliphatic heterocycles. The lowest BCUT2D eigenvalue weighted by Crippen LogP contribution is -2.49. The van der Waals surface area contributed by atoms with Crippen LogP contribution in [0.3, 0.4) is 0 Å². The molecule has 5 aromatic rings. The molecule has 6 nitrogen and oxygen atoms in total. The first-order valence-electron chi connectivity index (χ1n) is 14.7. The third kappa shape index (κ3) is 3.77. The average Bonchev–Trinajstić information content (AvgIpc) is 3.70. The summed E-state index contributed by atoms with van der Waals surface area (Å²) >= 11 is 6.87. The van der Waals surface area contributed by atoms with Crippen LogP contribution in [-0.2, 0) is 9.59 Å². The molecule has 2 saturated heterocycles. The lowest BCUT2D eigenvalue weighted by molar-refractivity contribution is -0.122. The van der Waals surface area contributed by atoms with Crippen LogP contribution >= 0.6 is 11.6 Å². The summed E-state index contributed by atoms with van der Waals surface area (Å²) in [4.78, 5) is 46.3. The van der Waals surface area contributed by atoms with Gasteiger partial charge in [-0.3, -0.25) is 14.4 Å². The molecule has 216 valence electrons. The summed E-state index contributed by atoms with van der Waals surface area (Å²) in [7, 11) is 0. The third-order valence-electron chi connectivity index (χ3n) is 9.35. The Labute approximate surface area is 259 Å². The van der Waals surface area contributed by atoms with E-state index >= 15 is 0 Å². The van der Waals surface area contributed by atoms with Crippen LogP contribution in [0.5, 0.6) is 0 Å². The van der Waals surface area contributed by atoms with Crippen LogP contribution in [0.4, 0.5) is 11.4 Å². The van der Waals surface area contributed by atoms with Crippen molar-refractivity contribution in [3.63, 3.8) is 0 Å². The summed E-state index contributed by atoms with van der Waals surface area (Å²) in [5.41, 5.74) is 5.84. The maximum Gasteiger partial charge on any atom is 0.240 e. The number of carbonyl (C=O) groups excluding carboxylic acids is 3. The van der Waals surface area contributed by atoms with Crippen molar-refractivity contribution in [2.75, 3.05) is 9.80 Å². The fourth-order valence-corrected chi connectivity index (χ4v) is 7.39. The van der Waals surface area contributed by atoms with E-state index < -0.39 is 23.9 Å². The Morgan fingerprint density at radius 3 is 2.25 bits per heavy atom. The van der Waals surface area contributed by atoms with E-state index in [0.717, 1.165) is 22.1 Å². The van der Waals surface area contributed by atoms with Crippen LogP contribution in [0.15, 0.2) is 101 Å². The van der Waals surface area contributed by atoms with Crippen molar-refractivity contribution in [3.8, 4) is 11.3 Å². The van der Waals surface area contributed by atoms with Crippen molar-refractivity contribution in [2.45, 2.75) is 25.9 Å². The molecule has 1 aromatic heterocycles. The number of halogens is 1. The zero-order valence-corrected chi connectivity index (χ0v) is 24.8. The molecule has 0 radical (unpaired) electrons. The summed E-state index contributed by atoms with van der Waals surface area (Å²) in [6.45, 7) is 3.94. The number of anilines is 2. The molecule has 0 N–H and O–H groups in total. The predicted molar refractivity (Wildman–Crippen MR) is 172 cm³/mol. The van der Waals surface area contributed by atoms with Crippen LogP contribution in [0.2, 0.25) is 5.02 Å². The number of carbonyl (C=O) groups is 3. The largest absolute Gasteiger partial charge is 0.454 e. The number of ketones is 1. The number of nitrogens with zero attached hydrogens (tertiary/aromatic N) is 2. The van der Waals surface area contributed by atoms with Crippen LogP contribution in [0, 0.1) is 25.7 Å². The van der Waals surface area contributed by atoms with E-state index in [1.54, 1.807) is 30.3 Å². The molecule has 3 aliphatic rings. The molecule has 2 fully saturated rings. The molecule has 4 aromatic carbocycles. The number of benzene rings is 4. The summed E-state index contributed by atoms with van der Waals surface area (Å²) in [6.07, 6.45) is 3.80. The van der Waals surface area contributed by atoms with Crippen molar-refractivity contribution >= 4 is 57.6 Å². The number of hydrogen-bond acceptors (Lipinski definition) is 5. The Kier molecular flexibility index (Phi) is 5.94. The first kappa shape index (κ1) is 26.7. The highest BCUT2D eigenvalue weighted by Crippen LogP contribution is 2.53. The van der Waals surface area contributed by atoms with Crippen LogP contribution in [0.25, 0.3) is 28.4 Å². The van der Waals surface area contributed by atoms with E-state index in [0.29, 0.717) is 38.9 Å². The number of Topliss-reactive ketones (excluding diaryl/α,β-unsaturated/α-hetero) is 1. The highest BCUT2D eigenvalue weighted by Gasteiger charge is 2.64. The average molecular weight is 599 g/mol. The number of rotatable bonds is 4. The number of furan rings is 1. The van der Waals surface area contributed by atoms with Gasteiger partial charge >= 0.3 is 0 Å². The number of hydrogen-bond donors (Lipinski definition) is 0. The maximum atomic E-state index is 14.5. The van der Waals surface area contributed by atoms with E-state index in [2.05, 4.69) is 0 Å². The number of fused-ring (bicyclic) bond motifs is 7. The van der Waals surface area contributed by atoms with Gasteiger partial charge in [-0.05, 0) is 49.2 Å². The van der Waals surface area contributed by atoms with Gasteiger partial charge in [-0.1, -0.05) is 90.5 Å². The highest BCUT2D eigenvalue weighted by atomic mass is 35.5. The van der Waals surface area contributed by atoms with Gasteiger partial charge in [-0.15, -0.1) is 0 Å². The second-order valence-electron chi connectivity index (χ2n) is 11.8. The summed E-state index contributed by atoms with van der Waals surface area (Å²) in [5, 5.41) is 1.28. The minimum Gasteiger partial charge on any atom is -0.454 e. The Balaban J connectivity index is 1.33. The first-order valence-corrected chi connectivity index (χ1v) is 15.0. The monoisotopic (exact) mass is 598 g/mol. The van der Waals surface area contributed by atoms with E-state index in [1.165, 1.54) is 4.90 Å². The molecule has 8 rings (SSSR count). The molecule has 4 unspecified atom stereocenters. The Morgan fingerprint density at radius 2 is 1.52 bits per heavy atom. The minimum absolute atomic E-state index is 0.226. The summed E-state index contributed by atoms with van der Waals surface area (Å²) in [6, 6.07) is 26.6. The molecule has 7 heteroatoms. The van der Waals surface area contributed by atoms with Crippen molar-refractivity contribution in [1.82, 2.24) is 0 Å². The van der Waals surface area contributed by atoms with Crippen molar-refractivity contribution < 1.29 is 18.8 Å². The van der Waals surface area contributed by atoms with Crippen LogP contribution in [-0.4, -0.2) is 29.7 Å². The molecule has 0 saturated carbocycles. The zero-order chi connectivity index (χ0) is 30.3. The van der Waals surface area contributed by atoms with Crippen molar-refractivity contribution in [1.29, 1.82) is 0 Å². The van der Waals surface area contributed by atoms with Crippen molar-refractivity contribution in [3.05, 3.63) is 124 Å². The number of aryl methyl sites for hydroxylation is 2. The Bertz CT molecular complexity index is 2050. The highest BCUT2D eigenvalue weighted by molar-refractivity contribution is 6.34. The Hall–Kier alpha value is -4.94. The van der Waals surface area contributed by atoms with E-state index in [4.69, 9.17) is 16.0 Å². The van der Waals surface area contributed by atoms with Gasteiger partial charge in [0.05, 0.1) is 34.3 Å². The molecular formula is C37H27ClN2O4. The minimum atomic E-state index is -0.948.